The number of rotatable bonds is 5. The molecule has 0 aromatic rings. The molecule has 0 aromatic heterocycles. The van der Waals surface area contributed by atoms with Gasteiger partial charge in [0.1, 0.15) is 5.54 Å². The van der Waals surface area contributed by atoms with E-state index in [1.165, 1.54) is 19.3 Å². The molecule has 0 saturated carbocycles. The van der Waals surface area contributed by atoms with E-state index in [2.05, 4.69) is 44.0 Å². The number of nitrogens with zero attached hydrogens (tertiary/aromatic N) is 2. The van der Waals surface area contributed by atoms with Gasteiger partial charge in [-0.15, -0.1) is 0 Å². The molecule has 1 aliphatic rings. The Morgan fingerprint density at radius 1 is 1.47 bits per heavy atom. The molecule has 17 heavy (non-hydrogen) atoms. The van der Waals surface area contributed by atoms with E-state index in [0.29, 0.717) is 18.1 Å². The van der Waals surface area contributed by atoms with Crippen molar-refractivity contribution in [1.29, 1.82) is 5.26 Å². The molecule has 98 valence electrons. The normalized spacial score (nSPS) is 29.2. The highest BCUT2D eigenvalue weighted by Gasteiger charge is 2.35. The third-order valence-corrected chi connectivity index (χ3v) is 3.78. The lowest BCUT2D eigenvalue weighted by molar-refractivity contribution is 0.157. The lowest BCUT2D eigenvalue weighted by Crippen LogP contribution is -2.54. The summed E-state index contributed by atoms with van der Waals surface area (Å²) in [7, 11) is 0. The van der Waals surface area contributed by atoms with Crippen molar-refractivity contribution < 1.29 is 0 Å². The second-order valence-corrected chi connectivity index (χ2v) is 5.90. The Hall–Kier alpha value is -0.590. The van der Waals surface area contributed by atoms with Gasteiger partial charge < -0.3 is 0 Å². The van der Waals surface area contributed by atoms with E-state index < -0.39 is 5.54 Å². The van der Waals surface area contributed by atoms with E-state index in [4.69, 9.17) is 0 Å². The van der Waals surface area contributed by atoms with E-state index in [1.807, 2.05) is 6.92 Å². The van der Waals surface area contributed by atoms with Gasteiger partial charge in [0, 0.05) is 24.7 Å². The maximum atomic E-state index is 9.40. The topological polar surface area (TPSA) is 39.1 Å². The van der Waals surface area contributed by atoms with Crippen LogP contribution < -0.4 is 5.32 Å². The first-order valence-electron chi connectivity index (χ1n) is 6.86. The zero-order valence-electron chi connectivity index (χ0n) is 12.0. The molecule has 1 fully saturated rings. The summed E-state index contributed by atoms with van der Waals surface area (Å²) in [5.74, 6) is 0. The Morgan fingerprint density at radius 3 is 2.59 bits per heavy atom. The molecule has 0 aromatic carbocycles. The molecular formula is C14H27N3. The van der Waals surface area contributed by atoms with Crippen LogP contribution in [-0.2, 0) is 0 Å². The van der Waals surface area contributed by atoms with Gasteiger partial charge in [-0.05, 0) is 47.0 Å². The van der Waals surface area contributed by atoms with Crippen LogP contribution in [0.2, 0.25) is 0 Å². The zero-order chi connectivity index (χ0) is 13.1. The Balaban J connectivity index is 2.70. The molecule has 1 saturated heterocycles. The molecule has 3 heteroatoms. The zero-order valence-corrected chi connectivity index (χ0v) is 12.0. The molecule has 1 rings (SSSR count). The molecule has 3 nitrogen and oxygen atoms in total. The number of hydrogen-bond donors (Lipinski definition) is 1. The molecule has 0 amide bonds. The van der Waals surface area contributed by atoms with E-state index in [9.17, 15) is 5.26 Å². The van der Waals surface area contributed by atoms with Crippen molar-refractivity contribution in [1.82, 2.24) is 10.2 Å². The quantitative estimate of drug-likeness (QED) is 0.798. The molecule has 3 atom stereocenters. The van der Waals surface area contributed by atoms with Gasteiger partial charge in [0.25, 0.3) is 0 Å². The SMILES string of the molecule is CCC1CCC(C)N1CC(C)(C#N)NC(C)C. The minimum atomic E-state index is -0.430. The molecule has 0 radical (unpaired) electrons. The second kappa shape index (κ2) is 5.84. The summed E-state index contributed by atoms with van der Waals surface area (Å²) in [5, 5.41) is 12.8. The summed E-state index contributed by atoms with van der Waals surface area (Å²) in [6, 6.07) is 4.07. The highest BCUT2D eigenvalue weighted by Crippen LogP contribution is 2.27. The van der Waals surface area contributed by atoms with Gasteiger partial charge in [0.2, 0.25) is 0 Å². The van der Waals surface area contributed by atoms with Crippen molar-refractivity contribution >= 4 is 0 Å². The summed E-state index contributed by atoms with van der Waals surface area (Å²) in [5.41, 5.74) is -0.430. The van der Waals surface area contributed by atoms with Crippen molar-refractivity contribution in [3.05, 3.63) is 0 Å². The van der Waals surface area contributed by atoms with Crippen LogP contribution in [0, 0.1) is 11.3 Å². The van der Waals surface area contributed by atoms with E-state index in [0.717, 1.165) is 6.54 Å². The molecule has 1 heterocycles. The summed E-state index contributed by atoms with van der Waals surface area (Å²) >= 11 is 0. The number of hydrogen-bond acceptors (Lipinski definition) is 3. The van der Waals surface area contributed by atoms with Gasteiger partial charge in [-0.1, -0.05) is 6.92 Å². The van der Waals surface area contributed by atoms with Crippen LogP contribution in [0.1, 0.15) is 53.9 Å². The number of nitrogens with one attached hydrogen (secondary N) is 1. The molecule has 0 bridgehead atoms. The number of likely N-dealkylation sites (tertiary alicyclic amines) is 1. The summed E-state index contributed by atoms with van der Waals surface area (Å²) in [6.07, 6.45) is 3.73. The predicted molar refractivity (Wildman–Crippen MR) is 71.8 cm³/mol. The lowest BCUT2D eigenvalue weighted by atomic mass is 10.0. The highest BCUT2D eigenvalue weighted by molar-refractivity contribution is 5.08. The summed E-state index contributed by atoms with van der Waals surface area (Å²) in [6.45, 7) is 11.6. The van der Waals surface area contributed by atoms with Crippen LogP contribution >= 0.6 is 0 Å². The molecule has 0 aliphatic carbocycles. The maximum absolute atomic E-state index is 9.40. The van der Waals surface area contributed by atoms with Gasteiger partial charge in [0.05, 0.1) is 6.07 Å². The van der Waals surface area contributed by atoms with Gasteiger partial charge >= 0.3 is 0 Å². The fourth-order valence-corrected chi connectivity index (χ4v) is 2.96. The summed E-state index contributed by atoms with van der Waals surface area (Å²) in [4.78, 5) is 2.51. The standard InChI is InChI=1S/C14H27N3/c1-6-13-8-7-12(4)17(13)10-14(5,9-15)16-11(2)3/h11-13,16H,6-8,10H2,1-5H3. The van der Waals surface area contributed by atoms with Gasteiger partial charge in [-0.3, -0.25) is 10.2 Å². The minimum absolute atomic E-state index is 0.345. The van der Waals surface area contributed by atoms with Crippen LogP contribution in [0.4, 0.5) is 0 Å². The first kappa shape index (κ1) is 14.5. The van der Waals surface area contributed by atoms with E-state index in [1.54, 1.807) is 0 Å². The lowest BCUT2D eigenvalue weighted by Gasteiger charge is -2.36. The van der Waals surface area contributed by atoms with E-state index in [-0.39, 0.29) is 0 Å². The molecule has 1 N–H and O–H groups in total. The van der Waals surface area contributed by atoms with Gasteiger partial charge in [-0.25, -0.2) is 0 Å². The smallest absolute Gasteiger partial charge is 0.116 e. The Bertz CT molecular complexity index is 282. The minimum Gasteiger partial charge on any atom is -0.296 e. The van der Waals surface area contributed by atoms with Crippen LogP contribution in [-0.4, -0.2) is 35.1 Å². The third kappa shape index (κ3) is 3.69. The first-order valence-corrected chi connectivity index (χ1v) is 6.86. The van der Waals surface area contributed by atoms with Crippen molar-refractivity contribution in [2.45, 2.75) is 77.5 Å². The molecule has 0 spiro atoms. The Morgan fingerprint density at radius 2 is 2.12 bits per heavy atom. The molecular weight excluding hydrogens is 210 g/mol. The average Bonchev–Trinajstić information content (AvgIpc) is 2.59. The van der Waals surface area contributed by atoms with Crippen LogP contribution in [0.3, 0.4) is 0 Å². The van der Waals surface area contributed by atoms with Crippen LogP contribution in [0.5, 0.6) is 0 Å². The van der Waals surface area contributed by atoms with Gasteiger partial charge in [0.15, 0.2) is 0 Å². The van der Waals surface area contributed by atoms with E-state index >= 15 is 0 Å². The van der Waals surface area contributed by atoms with Gasteiger partial charge in [-0.2, -0.15) is 5.26 Å². The van der Waals surface area contributed by atoms with Crippen molar-refractivity contribution in [3.8, 4) is 6.07 Å². The second-order valence-electron chi connectivity index (χ2n) is 5.90. The molecule has 1 aliphatic heterocycles. The first-order chi connectivity index (χ1) is 7.91. The highest BCUT2D eigenvalue weighted by atomic mass is 15.2. The summed E-state index contributed by atoms with van der Waals surface area (Å²) < 4.78 is 0. The largest absolute Gasteiger partial charge is 0.296 e. The Labute approximate surface area is 106 Å². The van der Waals surface area contributed by atoms with Crippen molar-refractivity contribution in [3.63, 3.8) is 0 Å². The fraction of sp³-hybridized carbons (Fsp3) is 0.929. The average molecular weight is 237 g/mol. The molecule has 3 unspecified atom stereocenters. The van der Waals surface area contributed by atoms with Crippen LogP contribution in [0.25, 0.3) is 0 Å². The fourth-order valence-electron chi connectivity index (χ4n) is 2.96. The predicted octanol–water partition coefficient (Wildman–Crippen LogP) is 2.53. The third-order valence-electron chi connectivity index (χ3n) is 3.78. The van der Waals surface area contributed by atoms with Crippen LogP contribution in [0.15, 0.2) is 0 Å². The maximum Gasteiger partial charge on any atom is 0.116 e. The van der Waals surface area contributed by atoms with Crippen molar-refractivity contribution in [2.75, 3.05) is 6.54 Å². The number of nitriles is 1. The monoisotopic (exact) mass is 237 g/mol. The van der Waals surface area contributed by atoms with Crippen molar-refractivity contribution in [2.24, 2.45) is 0 Å². The Kier molecular flexibility index (Phi) is 4.97.